The second kappa shape index (κ2) is 13.1. The molecule has 2 heteroatoms. The average molecular weight is 464 g/mol. The highest BCUT2D eigenvalue weighted by molar-refractivity contribution is 5.66. The Balaban J connectivity index is 1.22. The predicted octanol–water partition coefficient (Wildman–Crippen LogP) is 8.38. The first kappa shape index (κ1) is 25.7. The predicted molar refractivity (Wildman–Crippen MR) is 146 cm³/mol. The lowest BCUT2D eigenvalue weighted by atomic mass is 9.70. The third kappa shape index (κ3) is 7.08. The van der Waals surface area contributed by atoms with Crippen molar-refractivity contribution in [2.75, 3.05) is 0 Å². The number of hydrogen-bond acceptors (Lipinski definition) is 2. The number of aliphatic hydroxyl groups excluding tert-OH is 1. The molecule has 4 rings (SSSR count). The quantitative estimate of drug-likeness (QED) is 0.207. The second-order valence-electron chi connectivity index (χ2n) is 11.6. The summed E-state index contributed by atoms with van der Waals surface area (Å²) in [4.78, 5) is 0. The van der Waals surface area contributed by atoms with Crippen LogP contribution in [0.15, 0.2) is 43.0 Å². The van der Waals surface area contributed by atoms with Crippen LogP contribution in [0.5, 0.6) is 0 Å². The van der Waals surface area contributed by atoms with E-state index in [0.717, 1.165) is 30.6 Å². The molecule has 0 aliphatic heterocycles. The molecule has 2 nitrogen and oxygen atoms in total. The highest BCUT2D eigenvalue weighted by Crippen LogP contribution is 2.42. The lowest BCUT2D eigenvalue weighted by Crippen LogP contribution is -2.39. The summed E-state index contributed by atoms with van der Waals surface area (Å²) in [5, 5.41) is 13.0. The molecular formula is C32H49NO. The van der Waals surface area contributed by atoms with E-state index in [1.54, 1.807) is 11.6 Å². The molecule has 1 aromatic carbocycles. The molecule has 2 unspecified atom stereocenters. The topological polar surface area (TPSA) is 32.3 Å². The zero-order valence-corrected chi connectivity index (χ0v) is 21.7. The van der Waals surface area contributed by atoms with Crippen molar-refractivity contribution in [1.29, 1.82) is 0 Å². The van der Waals surface area contributed by atoms with Gasteiger partial charge in [0.15, 0.2) is 0 Å². The summed E-state index contributed by atoms with van der Waals surface area (Å²) in [6.07, 6.45) is 23.9. The van der Waals surface area contributed by atoms with E-state index in [-0.39, 0.29) is 0 Å². The van der Waals surface area contributed by atoms with E-state index in [1.165, 1.54) is 94.6 Å². The Labute approximate surface area is 209 Å². The number of aliphatic hydroxyl groups is 1. The summed E-state index contributed by atoms with van der Waals surface area (Å²) in [6, 6.07) is 9.96. The van der Waals surface area contributed by atoms with Crippen LogP contribution in [0.25, 0.3) is 5.57 Å². The van der Waals surface area contributed by atoms with Crippen LogP contribution in [0.1, 0.15) is 120 Å². The monoisotopic (exact) mass is 463 g/mol. The molecule has 0 aromatic heterocycles. The van der Waals surface area contributed by atoms with Crippen LogP contribution in [-0.4, -0.2) is 17.4 Å². The Morgan fingerprint density at radius 3 is 2.29 bits per heavy atom. The minimum Gasteiger partial charge on any atom is -0.375 e. The van der Waals surface area contributed by atoms with E-state index in [0.29, 0.717) is 12.0 Å². The average Bonchev–Trinajstić information content (AvgIpc) is 2.90. The molecule has 0 amide bonds. The molecule has 0 saturated heterocycles. The van der Waals surface area contributed by atoms with Gasteiger partial charge in [0.2, 0.25) is 0 Å². The van der Waals surface area contributed by atoms with Crippen molar-refractivity contribution < 1.29 is 5.11 Å². The van der Waals surface area contributed by atoms with Crippen molar-refractivity contribution in [3.05, 3.63) is 54.1 Å². The Kier molecular flexibility index (Phi) is 9.88. The fourth-order valence-electron chi connectivity index (χ4n) is 7.05. The largest absolute Gasteiger partial charge is 0.375 e. The Morgan fingerprint density at radius 2 is 1.68 bits per heavy atom. The lowest BCUT2D eigenvalue weighted by molar-refractivity contribution is 0.153. The smallest absolute Gasteiger partial charge is 0.124 e. The number of allylic oxidation sites excluding steroid dienone is 2. The van der Waals surface area contributed by atoms with Gasteiger partial charge >= 0.3 is 0 Å². The highest BCUT2D eigenvalue weighted by Gasteiger charge is 2.29. The number of benzene rings is 1. The fraction of sp³-hybridized carbons (Fsp3) is 0.688. The molecule has 1 aromatic rings. The second-order valence-corrected chi connectivity index (χ2v) is 11.6. The molecule has 0 radical (unpaired) electrons. The van der Waals surface area contributed by atoms with Crippen molar-refractivity contribution in [3.63, 3.8) is 0 Å². The van der Waals surface area contributed by atoms with Crippen LogP contribution in [0.3, 0.4) is 0 Å². The van der Waals surface area contributed by atoms with Crippen molar-refractivity contribution in [1.82, 2.24) is 5.32 Å². The van der Waals surface area contributed by atoms with Crippen LogP contribution >= 0.6 is 0 Å². The summed E-state index contributed by atoms with van der Waals surface area (Å²) < 4.78 is 0. The van der Waals surface area contributed by atoms with Gasteiger partial charge < -0.3 is 5.11 Å². The van der Waals surface area contributed by atoms with Crippen LogP contribution < -0.4 is 5.32 Å². The van der Waals surface area contributed by atoms with Gasteiger partial charge in [-0.05, 0) is 104 Å². The molecule has 3 aliphatic carbocycles. The summed E-state index contributed by atoms with van der Waals surface area (Å²) >= 11 is 0. The molecule has 34 heavy (non-hydrogen) atoms. The third-order valence-corrected chi connectivity index (χ3v) is 9.34. The minimum atomic E-state index is -0.574. The SMILES string of the molecule is C=CC(O)NC1CCC(c2ccc(C3=CCC(C4CCC(CCCCC)CC4)CC3)cc2)CC1. The molecular weight excluding hydrogens is 414 g/mol. The Hall–Kier alpha value is -1.38. The van der Waals surface area contributed by atoms with Gasteiger partial charge in [-0.2, -0.15) is 0 Å². The van der Waals surface area contributed by atoms with Crippen LogP contribution in [-0.2, 0) is 0 Å². The fourth-order valence-corrected chi connectivity index (χ4v) is 7.05. The first-order chi connectivity index (χ1) is 16.7. The zero-order chi connectivity index (χ0) is 23.8. The summed E-state index contributed by atoms with van der Waals surface area (Å²) in [5.41, 5.74) is 4.53. The molecule has 2 saturated carbocycles. The van der Waals surface area contributed by atoms with E-state index in [2.05, 4.69) is 49.2 Å². The first-order valence-electron chi connectivity index (χ1n) is 14.5. The van der Waals surface area contributed by atoms with Crippen LogP contribution in [0.2, 0.25) is 0 Å². The molecule has 188 valence electrons. The van der Waals surface area contributed by atoms with Gasteiger partial charge in [-0.25, -0.2) is 0 Å². The third-order valence-electron chi connectivity index (χ3n) is 9.34. The normalized spacial score (nSPS) is 31.0. The first-order valence-corrected chi connectivity index (χ1v) is 14.5. The molecule has 2 atom stereocenters. The summed E-state index contributed by atoms with van der Waals surface area (Å²) in [5.74, 6) is 3.61. The number of rotatable bonds is 10. The molecule has 0 spiro atoms. The standard InChI is InChI=1S/C32H49NO/c1-3-5-6-7-24-8-10-25(11-9-24)26-12-14-27(15-13-26)28-16-18-29(19-17-28)30-20-22-31(23-21-30)33-32(34)4-2/h4,14,16-19,24-26,30-34H,2-3,5-13,15,20-23H2,1H3. The van der Waals surface area contributed by atoms with Crippen LogP contribution in [0, 0.1) is 17.8 Å². The highest BCUT2D eigenvalue weighted by atomic mass is 16.3. The minimum absolute atomic E-state index is 0.417. The van der Waals surface area contributed by atoms with Gasteiger partial charge in [0, 0.05) is 6.04 Å². The maximum Gasteiger partial charge on any atom is 0.124 e. The van der Waals surface area contributed by atoms with E-state index in [9.17, 15) is 5.11 Å². The number of nitrogens with one attached hydrogen (secondary N) is 1. The van der Waals surface area contributed by atoms with Gasteiger partial charge in [0.25, 0.3) is 0 Å². The van der Waals surface area contributed by atoms with Crippen molar-refractivity contribution in [3.8, 4) is 0 Å². The molecule has 2 N–H and O–H groups in total. The maximum atomic E-state index is 9.75. The maximum absolute atomic E-state index is 9.75. The molecule has 3 aliphatic rings. The Bertz CT molecular complexity index is 765. The van der Waals surface area contributed by atoms with Crippen molar-refractivity contribution in [2.24, 2.45) is 17.8 Å². The lowest BCUT2D eigenvalue weighted by Gasteiger charge is -2.35. The van der Waals surface area contributed by atoms with E-state index in [4.69, 9.17) is 0 Å². The molecule has 0 heterocycles. The van der Waals surface area contributed by atoms with E-state index in [1.807, 2.05) is 0 Å². The molecule has 2 fully saturated rings. The Morgan fingerprint density at radius 1 is 0.941 bits per heavy atom. The zero-order valence-electron chi connectivity index (χ0n) is 21.7. The van der Waals surface area contributed by atoms with Gasteiger partial charge in [0.05, 0.1) is 0 Å². The van der Waals surface area contributed by atoms with Crippen LogP contribution in [0.4, 0.5) is 0 Å². The van der Waals surface area contributed by atoms with Gasteiger partial charge in [-0.1, -0.05) is 82.4 Å². The van der Waals surface area contributed by atoms with Gasteiger partial charge in [-0.3, -0.25) is 5.32 Å². The summed E-state index contributed by atoms with van der Waals surface area (Å²) in [6.45, 7) is 5.98. The van der Waals surface area contributed by atoms with Gasteiger partial charge in [-0.15, -0.1) is 0 Å². The van der Waals surface area contributed by atoms with E-state index < -0.39 is 6.23 Å². The molecule has 0 bridgehead atoms. The van der Waals surface area contributed by atoms with Crippen molar-refractivity contribution >= 4 is 5.57 Å². The number of unbranched alkanes of at least 4 members (excludes halogenated alkanes) is 2. The summed E-state index contributed by atoms with van der Waals surface area (Å²) in [7, 11) is 0. The van der Waals surface area contributed by atoms with Gasteiger partial charge in [0.1, 0.15) is 6.23 Å². The number of hydrogen-bond donors (Lipinski definition) is 2. The van der Waals surface area contributed by atoms with E-state index >= 15 is 0 Å². The van der Waals surface area contributed by atoms with Crippen molar-refractivity contribution in [2.45, 2.75) is 121 Å².